The van der Waals surface area contributed by atoms with Crippen LogP contribution in [0.15, 0.2) is 61.4 Å². The lowest BCUT2D eigenvalue weighted by atomic mass is 11.3. The second-order valence-corrected chi connectivity index (χ2v) is 64.1. The molecule has 0 aromatic carbocycles. The van der Waals surface area contributed by atoms with Crippen LogP contribution in [0.5, 0.6) is 0 Å². The number of rotatable bonds is 34. The van der Waals surface area contributed by atoms with Crippen LogP contribution in [0.2, 0.25) is 111 Å². The average Bonchev–Trinajstić information content (AvgIpc) is 3.17. The van der Waals surface area contributed by atoms with Crippen molar-refractivity contribution in [3.63, 3.8) is 0 Å². The van der Waals surface area contributed by atoms with E-state index in [1.807, 2.05) is 62.9 Å². The molecule has 0 aliphatic rings. The van der Waals surface area contributed by atoms with Gasteiger partial charge in [0.1, 0.15) is 0 Å². The Labute approximate surface area is 428 Å². The normalized spacial score (nSPS) is 16.2. The van der Waals surface area contributed by atoms with Gasteiger partial charge in [0.15, 0.2) is 25.0 Å². The van der Waals surface area contributed by atoms with Crippen LogP contribution >= 0.6 is 0 Å². The van der Waals surface area contributed by atoms with E-state index in [-0.39, 0.29) is 0 Å². The maximum atomic E-state index is 11.5. The summed E-state index contributed by atoms with van der Waals surface area (Å²) in [6.45, 7) is 53.4. The molecule has 0 saturated heterocycles. The summed E-state index contributed by atoms with van der Waals surface area (Å²) in [4.78, 5) is 11.5. The largest absolute Gasteiger partial charge is 0.727 e. The van der Waals surface area contributed by atoms with Gasteiger partial charge < -0.3 is 80.4 Å². The number of hydrogen-bond acceptors (Lipinski definition) is 19. The van der Waals surface area contributed by atoms with Crippen LogP contribution in [0.3, 0.4) is 0 Å². The van der Waals surface area contributed by atoms with E-state index in [0.717, 1.165) is 7.11 Å². The SMILES string of the molecule is C#[Si]O[Si](OC)(O[Si](C)(C)C=C)O[Si@](O)(OC)O[Si](O[Si]#C)(O[Si](C)(C)C=C)O[Si](OC)(OC)OC.C=C[Si](C)(C)O[Si](C)(C)O[Si](C)(O[Si](C)(C)O[Si](C)(C)C=C)O[Si](C)(C)O[Si](C)(C)C=C. The van der Waals surface area contributed by atoms with E-state index in [2.05, 4.69) is 72.2 Å². The highest BCUT2D eigenvalue weighted by Gasteiger charge is 2.70. The molecule has 394 valence electrons. The molecule has 0 aliphatic heterocycles. The Hall–Kier alpha value is 0.433. The second kappa shape index (κ2) is 27.8. The molecule has 0 bridgehead atoms. The molecule has 0 aromatic rings. The Bertz CT molecular complexity index is 1640. The Balaban J connectivity index is 0. The van der Waals surface area contributed by atoms with Gasteiger partial charge in [0.2, 0.25) is 35.0 Å². The zero-order valence-electron chi connectivity index (χ0n) is 44.9. The van der Waals surface area contributed by atoms with E-state index in [0.29, 0.717) is 0 Å². The van der Waals surface area contributed by atoms with Crippen LogP contribution < -0.4 is 0 Å². The highest BCUT2D eigenvalue weighted by atomic mass is 28.6. The van der Waals surface area contributed by atoms with Gasteiger partial charge in [-0.15, -0.1) is 44.9 Å². The minimum atomic E-state index is -4.85. The van der Waals surface area contributed by atoms with Gasteiger partial charge in [-0.05, 0) is 105 Å². The summed E-state index contributed by atoms with van der Waals surface area (Å²) in [7, 11) is -35.2. The molecule has 0 heterocycles. The van der Waals surface area contributed by atoms with Crippen LogP contribution in [0.25, 0.3) is 0 Å². The molecule has 0 saturated carbocycles. The molecule has 0 fully saturated rings. The Morgan fingerprint density at radius 1 is 0.338 bits per heavy atom. The fraction of sp³-hybridized carbons (Fsp3) is 0.647. The van der Waals surface area contributed by atoms with Gasteiger partial charge in [-0.25, -0.2) is 0 Å². The third kappa shape index (κ3) is 26.1. The molecule has 0 aliphatic carbocycles. The van der Waals surface area contributed by atoms with Crippen LogP contribution in [0, 0.1) is 12.0 Å². The smallest absolute Gasteiger partial charge is 0.496 e. The highest BCUT2D eigenvalue weighted by Crippen LogP contribution is 2.32. The lowest BCUT2D eigenvalue weighted by Crippen LogP contribution is -2.71. The first kappa shape index (κ1) is 70.5. The molecule has 19 nitrogen and oxygen atoms in total. The van der Waals surface area contributed by atoms with Gasteiger partial charge in [-0.1, -0.05) is 28.5 Å². The molecular weight excluding hydrogens is 1130 g/mol. The molecular formula is C34H84O19Si15. The molecule has 0 radical (unpaired) electrons. The first-order valence-electron chi connectivity index (χ1n) is 21.2. The summed E-state index contributed by atoms with van der Waals surface area (Å²) in [5.74, 6) is 0. The van der Waals surface area contributed by atoms with E-state index >= 15 is 0 Å². The van der Waals surface area contributed by atoms with Crippen LogP contribution in [-0.4, -0.2) is 171 Å². The molecule has 1 N–H and O–H groups in total. The van der Waals surface area contributed by atoms with E-state index in [1.54, 1.807) is 37.6 Å². The monoisotopic (exact) mass is 1220 g/mol. The van der Waals surface area contributed by atoms with Crippen molar-refractivity contribution in [3.8, 4) is 12.0 Å². The fourth-order valence-corrected chi connectivity index (χ4v) is 55.1. The Kier molecular flexibility index (Phi) is 28.8. The van der Waals surface area contributed by atoms with Gasteiger partial charge in [0.25, 0.3) is 0 Å². The maximum absolute atomic E-state index is 11.5. The van der Waals surface area contributed by atoms with Gasteiger partial charge in [0.05, 0.1) is 0 Å². The summed E-state index contributed by atoms with van der Waals surface area (Å²) in [5, 5.41) is 0. The summed E-state index contributed by atoms with van der Waals surface area (Å²) in [6, 6.07) is 11.4. The number of hydrogen-bond donors (Lipinski definition) is 1. The van der Waals surface area contributed by atoms with Crippen molar-refractivity contribution >= 4 is 131 Å². The maximum Gasteiger partial charge on any atom is 0.727 e. The third-order valence-corrected chi connectivity index (χ3v) is 53.6. The first-order chi connectivity index (χ1) is 30.5. The minimum absolute atomic E-state index is 0.625. The van der Waals surface area contributed by atoms with Crippen LogP contribution in [-0.2, 0) is 75.6 Å². The van der Waals surface area contributed by atoms with E-state index in [1.165, 1.54) is 28.4 Å². The lowest BCUT2D eigenvalue weighted by Gasteiger charge is -2.45. The topological polar surface area (TPSA) is 186 Å². The molecule has 3 atom stereocenters. The first-order valence-corrected chi connectivity index (χ1v) is 55.3. The molecule has 0 aromatic heterocycles. The Morgan fingerprint density at radius 2 is 0.588 bits per heavy atom. The van der Waals surface area contributed by atoms with Gasteiger partial charge in [0, 0.05) is 42.1 Å². The van der Waals surface area contributed by atoms with E-state index < -0.39 is 131 Å². The average molecular weight is 1220 g/mol. The van der Waals surface area contributed by atoms with Crippen molar-refractivity contribution in [1.29, 1.82) is 0 Å². The highest BCUT2D eigenvalue weighted by molar-refractivity contribution is 6.94. The van der Waals surface area contributed by atoms with Gasteiger partial charge in [-0.2, -0.15) is 0 Å². The predicted molar refractivity (Wildman–Crippen MR) is 298 cm³/mol. The quantitative estimate of drug-likeness (QED) is 0.0656. The van der Waals surface area contributed by atoms with Gasteiger partial charge >= 0.3 is 70.7 Å². The minimum Gasteiger partial charge on any atom is -0.496 e. The van der Waals surface area contributed by atoms with Crippen molar-refractivity contribution in [1.82, 2.24) is 0 Å². The predicted octanol–water partition coefficient (Wildman–Crippen LogP) is 6.90. The zero-order valence-corrected chi connectivity index (χ0v) is 59.9. The summed E-state index contributed by atoms with van der Waals surface area (Å²) >= 11 is 0. The van der Waals surface area contributed by atoms with E-state index in [9.17, 15) is 4.80 Å². The van der Waals surface area contributed by atoms with Crippen molar-refractivity contribution in [2.45, 2.75) is 111 Å². The van der Waals surface area contributed by atoms with Crippen LogP contribution in [0.4, 0.5) is 0 Å². The third-order valence-electron chi connectivity index (χ3n) is 8.44. The zero-order chi connectivity index (χ0) is 54.2. The standard InChI is InChI=1S/C19H48O6Si7.C15H36O13Si8/c1-17-26(4,5)20-29(10,11)23-32(16,24-30(12,13)21-27(6,7)18-2)25-31(14,15)22-28(8,9)19-3;1-14-31(10,11)24-35(21-7,22-29-8)26-33(16,17-3)27-36(23-30-9,25-32(12,13)15-2)28-34(18-4,19-5)20-6/h17-19H,1-3H2,4-16H3;8-9,14-16H,1-2H2,3-7,10-13H3/t;33-,35?,36?/m.0/s1. The van der Waals surface area contributed by atoms with Crippen molar-refractivity contribution in [2.75, 3.05) is 35.5 Å². The van der Waals surface area contributed by atoms with Crippen molar-refractivity contribution < 1.29 is 80.4 Å². The molecule has 0 spiro atoms. The van der Waals surface area contributed by atoms with E-state index in [4.69, 9.17) is 87.6 Å². The summed E-state index contributed by atoms with van der Waals surface area (Å²) < 4.78 is 108. The molecule has 34 heteroatoms. The molecule has 2 unspecified atom stereocenters. The molecule has 0 rings (SSSR count). The van der Waals surface area contributed by atoms with Crippen molar-refractivity contribution in [3.05, 3.63) is 61.4 Å². The fourth-order valence-electron chi connectivity index (χ4n) is 5.62. The van der Waals surface area contributed by atoms with Crippen molar-refractivity contribution in [2.24, 2.45) is 0 Å². The second-order valence-electron chi connectivity index (χ2n) is 18.7. The molecule has 0 amide bonds. The van der Waals surface area contributed by atoms with Crippen LogP contribution in [0.1, 0.15) is 0 Å². The summed E-state index contributed by atoms with van der Waals surface area (Å²) in [5.41, 5.74) is 8.97. The molecule has 68 heavy (non-hydrogen) atoms. The van der Waals surface area contributed by atoms with Gasteiger partial charge in [-0.3, -0.25) is 0 Å². The summed E-state index contributed by atoms with van der Waals surface area (Å²) in [6.07, 6.45) is 0. The Morgan fingerprint density at radius 3 is 0.838 bits per heavy atom. The lowest BCUT2D eigenvalue weighted by molar-refractivity contribution is -0.0228.